The van der Waals surface area contributed by atoms with Crippen LogP contribution in [0.25, 0.3) is 0 Å². The Labute approximate surface area is 75.0 Å². The molecule has 0 aromatic heterocycles. The highest BCUT2D eigenvalue weighted by molar-refractivity contribution is 5.61. The molecular weight excluding hydrogens is 166 g/mol. The van der Waals surface area contributed by atoms with Crippen molar-refractivity contribution in [3.8, 4) is 12.1 Å². The Morgan fingerprint density at radius 3 is 2.08 bits per heavy atom. The van der Waals surface area contributed by atoms with Crippen LogP contribution in [0.4, 0.5) is 5.69 Å². The number of nitriles is 2. The molecule has 2 N–H and O–H groups in total. The molecule has 0 atom stereocenters. The Morgan fingerprint density at radius 2 is 1.69 bits per heavy atom. The molecule has 1 aromatic carbocycles. The molecule has 0 saturated carbocycles. The summed E-state index contributed by atoms with van der Waals surface area (Å²) >= 11 is 0. The van der Waals surface area contributed by atoms with Crippen LogP contribution in [0.15, 0.2) is 18.2 Å². The number of hydrogen-bond acceptors (Lipinski definition) is 5. The maximum atomic E-state index is 8.55. The molecule has 0 aliphatic heterocycles. The van der Waals surface area contributed by atoms with E-state index in [0.29, 0.717) is 11.3 Å². The topological polar surface area (TPSA) is 121 Å². The van der Waals surface area contributed by atoms with E-state index in [9.17, 15) is 0 Å². The normalized spacial score (nSPS) is 7.08. The second kappa shape index (κ2) is 5.12. The quantitative estimate of drug-likeness (QED) is 0.461. The summed E-state index contributed by atoms with van der Waals surface area (Å²) in [6, 6.07) is 8.56. The second-order valence-corrected chi connectivity index (χ2v) is 1.99. The summed E-state index contributed by atoms with van der Waals surface area (Å²) in [4.78, 5) is 0. The summed E-state index contributed by atoms with van der Waals surface area (Å²) in [5.41, 5.74) is 6.37. The molecule has 5 nitrogen and oxygen atoms in total. The van der Waals surface area contributed by atoms with E-state index in [-0.39, 0.29) is 5.56 Å². The van der Waals surface area contributed by atoms with E-state index < -0.39 is 0 Å². The fraction of sp³-hybridized carbons (Fsp3) is 0. The number of nitrogens with two attached hydrogens (primary N) is 1. The van der Waals surface area contributed by atoms with Crippen molar-refractivity contribution in [3.05, 3.63) is 29.3 Å². The van der Waals surface area contributed by atoms with Crippen molar-refractivity contribution in [1.82, 2.24) is 0 Å². The maximum Gasteiger partial charge on any atom is 0.103 e. The third-order valence-electron chi connectivity index (χ3n) is 1.33. The van der Waals surface area contributed by atoms with Crippen LogP contribution in [-0.2, 0) is 0 Å². The molecular formula is C8H5N5. The van der Waals surface area contributed by atoms with Crippen molar-refractivity contribution in [2.24, 2.45) is 0 Å². The van der Waals surface area contributed by atoms with Gasteiger partial charge in [-0.15, -0.1) is 0 Å². The third kappa shape index (κ3) is 2.18. The van der Waals surface area contributed by atoms with E-state index in [1.807, 2.05) is 12.1 Å². The minimum Gasteiger partial charge on any atom is -0.398 e. The highest BCUT2D eigenvalue weighted by atomic mass is 14.6. The van der Waals surface area contributed by atoms with Gasteiger partial charge in [0.15, 0.2) is 0 Å². The Morgan fingerprint density at radius 1 is 1.08 bits per heavy atom. The van der Waals surface area contributed by atoms with Crippen LogP contribution < -0.4 is 5.73 Å². The predicted molar refractivity (Wildman–Crippen MR) is 43.7 cm³/mol. The predicted octanol–water partition coefficient (Wildman–Crippen LogP) is 1.04. The standard InChI is InChI=1S/C8H5N3.N2/c9-4-6-2-1-3-8(11)7(6)5-10;1-2/h1-3H,11H2;. The zero-order valence-electron chi connectivity index (χ0n) is 6.60. The first-order valence-corrected chi connectivity index (χ1v) is 3.18. The summed E-state index contributed by atoms with van der Waals surface area (Å²) in [5.74, 6) is 0. The minimum absolute atomic E-state index is 0.259. The highest BCUT2D eigenvalue weighted by Gasteiger charge is 2.02. The van der Waals surface area contributed by atoms with Crippen LogP contribution in [0.3, 0.4) is 0 Å². The molecule has 0 fully saturated rings. The van der Waals surface area contributed by atoms with Gasteiger partial charge in [0, 0.05) is 10.8 Å². The van der Waals surface area contributed by atoms with Crippen molar-refractivity contribution < 1.29 is 0 Å². The van der Waals surface area contributed by atoms with E-state index in [2.05, 4.69) is 0 Å². The molecule has 1 rings (SSSR count). The SMILES string of the molecule is N#Cc1cccc(N)c1C#N.N#N. The molecule has 0 saturated heterocycles. The number of anilines is 1. The lowest BCUT2D eigenvalue weighted by Crippen LogP contribution is -1.92. The number of benzene rings is 1. The van der Waals surface area contributed by atoms with Crippen molar-refractivity contribution in [2.45, 2.75) is 0 Å². The van der Waals surface area contributed by atoms with Gasteiger partial charge in [-0.1, -0.05) is 6.07 Å². The zero-order valence-corrected chi connectivity index (χ0v) is 6.60. The molecule has 0 unspecified atom stereocenters. The largest absolute Gasteiger partial charge is 0.398 e. The molecule has 0 spiro atoms. The first-order chi connectivity index (χ1) is 6.29. The van der Waals surface area contributed by atoms with Crippen LogP contribution in [0, 0.1) is 33.4 Å². The molecule has 0 heterocycles. The highest BCUT2D eigenvalue weighted by Crippen LogP contribution is 2.13. The average molecular weight is 171 g/mol. The van der Waals surface area contributed by atoms with Gasteiger partial charge >= 0.3 is 0 Å². The number of rotatable bonds is 0. The molecule has 0 bridgehead atoms. The van der Waals surface area contributed by atoms with Crippen LogP contribution in [0.2, 0.25) is 0 Å². The van der Waals surface area contributed by atoms with Gasteiger partial charge in [0.25, 0.3) is 0 Å². The lowest BCUT2D eigenvalue weighted by atomic mass is 10.1. The maximum absolute atomic E-state index is 8.55. The molecule has 13 heavy (non-hydrogen) atoms. The van der Waals surface area contributed by atoms with Crippen molar-refractivity contribution in [1.29, 1.82) is 21.3 Å². The Bertz CT molecular complexity index is 393. The molecule has 0 aliphatic carbocycles. The van der Waals surface area contributed by atoms with Gasteiger partial charge in [-0.05, 0) is 12.1 Å². The Balaban J connectivity index is 0.000000671. The smallest absolute Gasteiger partial charge is 0.103 e. The van der Waals surface area contributed by atoms with Gasteiger partial charge in [0.05, 0.1) is 16.8 Å². The van der Waals surface area contributed by atoms with Crippen molar-refractivity contribution >= 4 is 5.69 Å². The molecule has 62 valence electrons. The van der Waals surface area contributed by atoms with Crippen molar-refractivity contribution in [3.63, 3.8) is 0 Å². The van der Waals surface area contributed by atoms with Gasteiger partial charge in [0.1, 0.15) is 12.1 Å². The summed E-state index contributed by atoms with van der Waals surface area (Å²) in [6.45, 7) is 0. The summed E-state index contributed by atoms with van der Waals surface area (Å²) < 4.78 is 0. The van der Waals surface area contributed by atoms with E-state index >= 15 is 0 Å². The first-order valence-electron chi connectivity index (χ1n) is 3.18. The van der Waals surface area contributed by atoms with E-state index in [1.54, 1.807) is 18.2 Å². The van der Waals surface area contributed by atoms with Crippen molar-refractivity contribution in [2.75, 3.05) is 5.73 Å². The van der Waals surface area contributed by atoms with Gasteiger partial charge in [-0.2, -0.15) is 10.5 Å². The summed E-state index contributed by atoms with van der Waals surface area (Å²) in [6.07, 6.45) is 0. The third-order valence-corrected chi connectivity index (χ3v) is 1.33. The Hall–Kier alpha value is -2.58. The average Bonchev–Trinajstić information content (AvgIpc) is 2.20. The van der Waals surface area contributed by atoms with Gasteiger partial charge < -0.3 is 5.73 Å². The minimum atomic E-state index is 0.259. The van der Waals surface area contributed by atoms with Crippen LogP contribution in [0.5, 0.6) is 0 Å². The molecule has 1 aromatic rings. The van der Waals surface area contributed by atoms with Crippen LogP contribution in [-0.4, -0.2) is 0 Å². The van der Waals surface area contributed by atoms with Gasteiger partial charge in [-0.25, -0.2) is 0 Å². The summed E-state index contributed by atoms with van der Waals surface area (Å²) in [7, 11) is 0. The van der Waals surface area contributed by atoms with E-state index in [4.69, 9.17) is 27.0 Å². The lowest BCUT2D eigenvalue weighted by molar-refractivity contribution is 1.15. The number of hydrogen-bond donors (Lipinski definition) is 1. The van der Waals surface area contributed by atoms with E-state index in [1.165, 1.54) is 0 Å². The number of nitrogen functional groups attached to an aromatic ring is 1. The fourth-order valence-corrected chi connectivity index (χ4v) is 0.788. The second-order valence-electron chi connectivity index (χ2n) is 1.99. The monoisotopic (exact) mass is 171 g/mol. The number of nitrogens with zero attached hydrogens (tertiary/aromatic N) is 4. The molecule has 0 aliphatic rings. The van der Waals surface area contributed by atoms with E-state index in [0.717, 1.165) is 0 Å². The lowest BCUT2D eigenvalue weighted by Gasteiger charge is -1.96. The van der Waals surface area contributed by atoms with Gasteiger partial charge in [-0.3, -0.25) is 0 Å². The Kier molecular flexibility index (Phi) is 4.10. The fourth-order valence-electron chi connectivity index (χ4n) is 0.788. The van der Waals surface area contributed by atoms with Gasteiger partial charge in [0.2, 0.25) is 0 Å². The molecule has 0 radical (unpaired) electrons. The molecule has 0 amide bonds. The van der Waals surface area contributed by atoms with Crippen LogP contribution >= 0.6 is 0 Å². The zero-order chi connectivity index (χ0) is 10.3. The summed E-state index contributed by atoms with van der Waals surface area (Å²) in [5, 5.41) is 29.1. The first kappa shape index (κ1) is 10.4. The molecule has 5 heteroatoms. The van der Waals surface area contributed by atoms with Crippen LogP contribution in [0.1, 0.15) is 11.1 Å².